The number of imidazole rings is 1. The van der Waals surface area contributed by atoms with Gasteiger partial charge in [0.05, 0.1) is 28.5 Å². The molecule has 0 radical (unpaired) electrons. The van der Waals surface area contributed by atoms with Gasteiger partial charge in [-0.1, -0.05) is 0 Å². The van der Waals surface area contributed by atoms with Crippen molar-refractivity contribution in [2.24, 2.45) is 0 Å². The van der Waals surface area contributed by atoms with Crippen molar-refractivity contribution in [1.29, 1.82) is 0 Å². The Morgan fingerprint density at radius 1 is 1.19 bits per heavy atom. The third-order valence-electron chi connectivity index (χ3n) is 6.30. The standard InChI is InChI=1S/C24H26F6N4O2/c1-12(2)34-11-32-19-5-15(4-16(21(19)34)24(28,29)30)36-10-14-8-23(35,7-13(3)33-14)17-9-31-20(22(26)27)6-18(17)25/h4-6,9,11-14,22,33,35H,7-8,10H2,1-3H3. The van der Waals surface area contributed by atoms with E-state index in [4.69, 9.17) is 4.74 Å². The molecule has 3 unspecified atom stereocenters. The van der Waals surface area contributed by atoms with Crippen molar-refractivity contribution < 1.29 is 36.2 Å². The number of aliphatic hydroxyl groups is 1. The van der Waals surface area contributed by atoms with E-state index in [1.54, 1.807) is 20.8 Å². The molecule has 0 bridgehead atoms. The molecule has 0 spiro atoms. The van der Waals surface area contributed by atoms with Crippen molar-refractivity contribution in [3.8, 4) is 5.75 Å². The van der Waals surface area contributed by atoms with Gasteiger partial charge in [0.2, 0.25) is 0 Å². The van der Waals surface area contributed by atoms with E-state index in [2.05, 4.69) is 15.3 Å². The quantitative estimate of drug-likeness (QED) is 0.423. The molecule has 36 heavy (non-hydrogen) atoms. The number of pyridine rings is 1. The van der Waals surface area contributed by atoms with Crippen LogP contribution in [0.3, 0.4) is 0 Å². The van der Waals surface area contributed by atoms with Crippen LogP contribution >= 0.6 is 0 Å². The molecule has 3 aromatic rings. The molecule has 3 atom stereocenters. The Morgan fingerprint density at radius 3 is 2.53 bits per heavy atom. The van der Waals surface area contributed by atoms with E-state index in [-0.39, 0.29) is 53.9 Å². The first-order valence-electron chi connectivity index (χ1n) is 11.4. The average Bonchev–Trinajstić information content (AvgIpc) is 3.20. The second kappa shape index (κ2) is 9.55. The fourth-order valence-electron chi connectivity index (χ4n) is 4.79. The number of alkyl halides is 5. The Morgan fingerprint density at radius 2 is 1.92 bits per heavy atom. The molecule has 0 saturated carbocycles. The van der Waals surface area contributed by atoms with Crippen molar-refractivity contribution in [2.75, 3.05) is 6.61 Å². The Bertz CT molecular complexity index is 1250. The second-order valence-corrected chi connectivity index (χ2v) is 9.49. The first-order chi connectivity index (χ1) is 16.8. The average molecular weight is 516 g/mol. The fraction of sp³-hybridized carbons (Fsp3) is 0.500. The molecule has 1 fully saturated rings. The molecule has 1 aliphatic rings. The molecule has 2 aromatic heterocycles. The van der Waals surface area contributed by atoms with E-state index in [0.29, 0.717) is 6.07 Å². The number of piperidine rings is 1. The van der Waals surface area contributed by atoms with Crippen LogP contribution in [0.4, 0.5) is 26.3 Å². The number of aromatic nitrogens is 3. The minimum Gasteiger partial charge on any atom is -0.492 e. The molecule has 0 aliphatic carbocycles. The summed E-state index contributed by atoms with van der Waals surface area (Å²) < 4.78 is 88.9. The van der Waals surface area contributed by atoms with Crippen LogP contribution in [0.1, 0.15) is 62.9 Å². The van der Waals surface area contributed by atoms with Crippen LogP contribution in [-0.4, -0.2) is 38.3 Å². The molecule has 3 heterocycles. The number of fused-ring (bicyclic) bond motifs is 1. The van der Waals surface area contributed by atoms with Crippen LogP contribution in [0.2, 0.25) is 0 Å². The maximum atomic E-state index is 14.6. The van der Waals surface area contributed by atoms with Crippen LogP contribution in [0.25, 0.3) is 11.0 Å². The minimum atomic E-state index is -4.64. The first-order valence-corrected chi connectivity index (χ1v) is 11.4. The van der Waals surface area contributed by atoms with Gasteiger partial charge in [0.25, 0.3) is 6.43 Å². The third kappa shape index (κ3) is 5.15. The van der Waals surface area contributed by atoms with Gasteiger partial charge in [-0.2, -0.15) is 13.2 Å². The van der Waals surface area contributed by atoms with Crippen LogP contribution in [0.5, 0.6) is 5.75 Å². The summed E-state index contributed by atoms with van der Waals surface area (Å²) in [4.78, 5) is 7.66. The van der Waals surface area contributed by atoms with Crippen molar-refractivity contribution in [2.45, 2.75) is 69.9 Å². The number of hydrogen-bond acceptors (Lipinski definition) is 5. The molecule has 4 rings (SSSR count). The van der Waals surface area contributed by atoms with E-state index in [1.807, 2.05) is 0 Å². The number of halogens is 6. The summed E-state index contributed by atoms with van der Waals surface area (Å²) in [6.07, 6.45) is -5.34. The molecule has 1 aliphatic heterocycles. The molecule has 0 amide bonds. The molecule has 2 N–H and O–H groups in total. The summed E-state index contributed by atoms with van der Waals surface area (Å²) in [6, 6.07) is 1.77. The van der Waals surface area contributed by atoms with E-state index in [0.717, 1.165) is 12.3 Å². The summed E-state index contributed by atoms with van der Waals surface area (Å²) in [5, 5.41) is 14.4. The van der Waals surface area contributed by atoms with Gasteiger partial charge >= 0.3 is 6.18 Å². The smallest absolute Gasteiger partial charge is 0.418 e. The zero-order chi connectivity index (χ0) is 26.4. The highest BCUT2D eigenvalue weighted by molar-refractivity contribution is 5.81. The number of hydrogen-bond donors (Lipinski definition) is 2. The number of ether oxygens (including phenoxy) is 1. The van der Waals surface area contributed by atoms with Crippen molar-refractivity contribution in [3.05, 3.63) is 53.4 Å². The van der Waals surface area contributed by atoms with Gasteiger partial charge in [-0.15, -0.1) is 0 Å². The number of benzene rings is 1. The maximum Gasteiger partial charge on any atom is 0.418 e. The van der Waals surface area contributed by atoms with Gasteiger partial charge < -0.3 is 19.7 Å². The SMILES string of the molecule is CC1CC(O)(c2cnc(C(F)F)cc2F)CC(COc2cc(C(F)(F)F)c3c(c2)ncn3C(C)C)N1. The Hall–Kier alpha value is -2.86. The second-order valence-electron chi connectivity index (χ2n) is 9.49. The number of nitrogens with zero attached hydrogens (tertiary/aromatic N) is 3. The summed E-state index contributed by atoms with van der Waals surface area (Å²) in [7, 11) is 0. The largest absolute Gasteiger partial charge is 0.492 e. The summed E-state index contributed by atoms with van der Waals surface area (Å²) in [6.45, 7) is 5.11. The number of nitrogens with one attached hydrogen (secondary N) is 1. The van der Waals surface area contributed by atoms with Gasteiger partial charge in [0.1, 0.15) is 23.9 Å². The highest BCUT2D eigenvalue weighted by Gasteiger charge is 2.41. The zero-order valence-electron chi connectivity index (χ0n) is 19.8. The highest BCUT2D eigenvalue weighted by Crippen LogP contribution is 2.39. The Kier molecular flexibility index (Phi) is 6.95. The predicted molar refractivity (Wildman–Crippen MR) is 119 cm³/mol. The highest BCUT2D eigenvalue weighted by atomic mass is 19.4. The van der Waals surface area contributed by atoms with E-state index in [1.165, 1.54) is 17.0 Å². The summed E-state index contributed by atoms with van der Waals surface area (Å²) in [5.41, 5.74) is -3.48. The van der Waals surface area contributed by atoms with Crippen LogP contribution in [0.15, 0.2) is 30.7 Å². The summed E-state index contributed by atoms with van der Waals surface area (Å²) in [5.74, 6) is -1.06. The van der Waals surface area contributed by atoms with Gasteiger partial charge in [-0.25, -0.2) is 18.2 Å². The van der Waals surface area contributed by atoms with Gasteiger partial charge in [-0.05, 0) is 39.7 Å². The summed E-state index contributed by atoms with van der Waals surface area (Å²) >= 11 is 0. The zero-order valence-corrected chi connectivity index (χ0v) is 19.8. The molecular weight excluding hydrogens is 490 g/mol. The first kappa shape index (κ1) is 26.2. The van der Waals surface area contributed by atoms with Crippen LogP contribution in [-0.2, 0) is 11.8 Å². The molecule has 1 aromatic carbocycles. The lowest BCUT2D eigenvalue weighted by atomic mass is 9.79. The molecule has 6 nitrogen and oxygen atoms in total. The lowest BCUT2D eigenvalue weighted by Gasteiger charge is -2.41. The number of rotatable bonds is 6. The molecule has 1 saturated heterocycles. The Labute approximate surface area is 203 Å². The van der Waals surface area contributed by atoms with Gasteiger partial charge in [0, 0.05) is 42.0 Å². The Balaban J connectivity index is 1.57. The molecule has 196 valence electrons. The van der Waals surface area contributed by atoms with Crippen LogP contribution < -0.4 is 10.1 Å². The van der Waals surface area contributed by atoms with E-state index < -0.39 is 41.3 Å². The lowest BCUT2D eigenvalue weighted by Crippen LogP contribution is -2.53. The van der Waals surface area contributed by atoms with Gasteiger partial charge in [0.15, 0.2) is 0 Å². The minimum absolute atomic E-state index is 0.0427. The fourth-order valence-corrected chi connectivity index (χ4v) is 4.79. The third-order valence-corrected chi connectivity index (χ3v) is 6.30. The maximum absolute atomic E-state index is 14.6. The topological polar surface area (TPSA) is 72.2 Å². The monoisotopic (exact) mass is 516 g/mol. The van der Waals surface area contributed by atoms with Crippen molar-refractivity contribution in [1.82, 2.24) is 19.9 Å². The van der Waals surface area contributed by atoms with Gasteiger partial charge in [-0.3, -0.25) is 4.98 Å². The predicted octanol–water partition coefficient (Wildman–Crippen LogP) is 5.51. The molecule has 12 heteroatoms. The lowest BCUT2D eigenvalue weighted by molar-refractivity contribution is -0.136. The van der Waals surface area contributed by atoms with Crippen molar-refractivity contribution >= 4 is 11.0 Å². The van der Waals surface area contributed by atoms with Crippen molar-refractivity contribution in [3.63, 3.8) is 0 Å². The van der Waals surface area contributed by atoms with Crippen LogP contribution in [0, 0.1) is 5.82 Å². The van der Waals surface area contributed by atoms with E-state index >= 15 is 0 Å². The molecular formula is C24H26F6N4O2. The normalized spacial score (nSPS) is 23.1. The van der Waals surface area contributed by atoms with E-state index in [9.17, 15) is 31.4 Å².